The number of nitrogens with two attached hydrogens (primary N) is 1. The van der Waals surface area contributed by atoms with E-state index in [2.05, 4.69) is 20.8 Å². The molecule has 1 aromatic rings. The molecule has 0 bridgehead atoms. The van der Waals surface area contributed by atoms with Crippen LogP contribution in [0.1, 0.15) is 54.1 Å². The molecular formula is C14H24N2OS. The van der Waals surface area contributed by atoms with Crippen molar-refractivity contribution in [2.75, 3.05) is 19.8 Å². The average Bonchev–Trinajstić information content (AvgIpc) is 2.73. The second kappa shape index (κ2) is 6.13. The van der Waals surface area contributed by atoms with Crippen LogP contribution in [0.25, 0.3) is 0 Å². The zero-order chi connectivity index (χ0) is 13.1. The van der Waals surface area contributed by atoms with Crippen molar-refractivity contribution in [1.29, 1.82) is 0 Å². The van der Waals surface area contributed by atoms with Crippen LogP contribution in [0, 0.1) is 12.8 Å². The fourth-order valence-corrected chi connectivity index (χ4v) is 4.10. The smallest absolute Gasteiger partial charge is 0.0963 e. The van der Waals surface area contributed by atoms with Gasteiger partial charge < -0.3 is 10.5 Å². The molecular weight excluding hydrogens is 244 g/mol. The number of aryl methyl sites for hydroxylation is 1. The van der Waals surface area contributed by atoms with Crippen LogP contribution in [0.3, 0.4) is 0 Å². The minimum absolute atomic E-state index is 0.455. The fraction of sp³-hybridized carbons (Fsp3) is 0.786. The first kappa shape index (κ1) is 14.0. The molecule has 1 fully saturated rings. The topological polar surface area (TPSA) is 48.1 Å². The molecule has 0 aromatic carbocycles. The van der Waals surface area contributed by atoms with Gasteiger partial charge in [0.05, 0.1) is 10.7 Å². The molecule has 18 heavy (non-hydrogen) atoms. The monoisotopic (exact) mass is 268 g/mol. The Labute approximate surface area is 114 Å². The quantitative estimate of drug-likeness (QED) is 0.913. The highest BCUT2D eigenvalue weighted by Crippen LogP contribution is 2.36. The molecule has 1 unspecified atom stereocenters. The van der Waals surface area contributed by atoms with Crippen LogP contribution >= 0.6 is 11.3 Å². The summed E-state index contributed by atoms with van der Waals surface area (Å²) in [5.41, 5.74) is 7.11. The first-order chi connectivity index (χ1) is 8.63. The molecule has 1 saturated heterocycles. The second-order valence-corrected chi connectivity index (χ2v) is 6.54. The lowest BCUT2D eigenvalue weighted by Gasteiger charge is -2.20. The van der Waals surface area contributed by atoms with Crippen LogP contribution in [0.5, 0.6) is 0 Å². The van der Waals surface area contributed by atoms with Gasteiger partial charge in [0.25, 0.3) is 0 Å². The van der Waals surface area contributed by atoms with Crippen molar-refractivity contribution in [2.45, 2.75) is 45.4 Å². The highest BCUT2D eigenvalue weighted by atomic mass is 32.1. The molecule has 1 aliphatic heterocycles. The third kappa shape index (κ3) is 2.92. The van der Waals surface area contributed by atoms with Gasteiger partial charge in [-0.25, -0.2) is 4.98 Å². The SMILES string of the molecule is Cc1nc(C2CCOCC2)sc1C(CN)C(C)C. The molecule has 0 spiro atoms. The second-order valence-electron chi connectivity index (χ2n) is 5.47. The number of rotatable bonds is 4. The molecule has 1 atom stereocenters. The third-order valence-corrected chi connectivity index (χ3v) is 5.27. The lowest BCUT2D eigenvalue weighted by atomic mass is 9.93. The van der Waals surface area contributed by atoms with Crippen molar-refractivity contribution in [3.05, 3.63) is 15.6 Å². The Morgan fingerprint density at radius 2 is 2.06 bits per heavy atom. The predicted molar refractivity (Wildman–Crippen MR) is 76.3 cm³/mol. The standard InChI is InChI=1S/C14H24N2OS/c1-9(2)12(8-15)13-10(3)16-14(18-13)11-4-6-17-7-5-11/h9,11-12H,4-8,15H2,1-3H3. The summed E-state index contributed by atoms with van der Waals surface area (Å²) in [5.74, 6) is 1.63. The molecule has 0 amide bonds. The molecule has 3 nitrogen and oxygen atoms in total. The predicted octanol–water partition coefficient (Wildman–Crippen LogP) is 3.04. The lowest BCUT2D eigenvalue weighted by Crippen LogP contribution is -2.17. The maximum absolute atomic E-state index is 5.92. The molecule has 2 rings (SSSR count). The van der Waals surface area contributed by atoms with Gasteiger partial charge in [0.2, 0.25) is 0 Å². The zero-order valence-electron chi connectivity index (χ0n) is 11.6. The van der Waals surface area contributed by atoms with E-state index in [1.54, 1.807) is 0 Å². The Morgan fingerprint density at radius 1 is 1.39 bits per heavy atom. The normalized spacial score (nSPS) is 19.4. The van der Waals surface area contributed by atoms with Gasteiger partial charge in [0.1, 0.15) is 0 Å². The summed E-state index contributed by atoms with van der Waals surface area (Å²) in [6.45, 7) is 9.08. The van der Waals surface area contributed by atoms with Crippen molar-refractivity contribution in [3.63, 3.8) is 0 Å². The maximum atomic E-state index is 5.92. The van der Waals surface area contributed by atoms with Crippen molar-refractivity contribution in [3.8, 4) is 0 Å². The van der Waals surface area contributed by atoms with E-state index in [9.17, 15) is 0 Å². The van der Waals surface area contributed by atoms with Crippen LogP contribution in [-0.2, 0) is 4.74 Å². The minimum atomic E-state index is 0.455. The summed E-state index contributed by atoms with van der Waals surface area (Å²) in [6.07, 6.45) is 2.22. The number of aromatic nitrogens is 1. The van der Waals surface area contributed by atoms with Gasteiger partial charge in [-0.05, 0) is 25.7 Å². The van der Waals surface area contributed by atoms with Gasteiger partial charge in [-0.15, -0.1) is 11.3 Å². The van der Waals surface area contributed by atoms with Gasteiger partial charge in [-0.1, -0.05) is 13.8 Å². The van der Waals surface area contributed by atoms with Crippen LogP contribution in [0.2, 0.25) is 0 Å². The average molecular weight is 268 g/mol. The summed E-state index contributed by atoms with van der Waals surface area (Å²) < 4.78 is 5.42. The fourth-order valence-electron chi connectivity index (χ4n) is 2.57. The van der Waals surface area contributed by atoms with Gasteiger partial charge in [-0.3, -0.25) is 0 Å². The number of thiazole rings is 1. The molecule has 2 heterocycles. The highest BCUT2D eigenvalue weighted by Gasteiger charge is 2.24. The Bertz CT molecular complexity index is 383. The summed E-state index contributed by atoms with van der Waals surface area (Å²) >= 11 is 1.88. The molecule has 4 heteroatoms. The first-order valence-electron chi connectivity index (χ1n) is 6.88. The Morgan fingerprint density at radius 3 is 2.61 bits per heavy atom. The van der Waals surface area contributed by atoms with E-state index in [-0.39, 0.29) is 0 Å². The summed E-state index contributed by atoms with van der Waals surface area (Å²) in [4.78, 5) is 6.19. The Hall–Kier alpha value is -0.450. The third-order valence-electron chi connectivity index (χ3n) is 3.82. The maximum Gasteiger partial charge on any atom is 0.0963 e. The largest absolute Gasteiger partial charge is 0.381 e. The van der Waals surface area contributed by atoms with Crippen molar-refractivity contribution in [2.24, 2.45) is 11.7 Å². The summed E-state index contributed by atoms with van der Waals surface area (Å²) in [5, 5.41) is 1.30. The van der Waals surface area contributed by atoms with Gasteiger partial charge in [0.15, 0.2) is 0 Å². The van der Waals surface area contributed by atoms with E-state index in [0.717, 1.165) is 26.1 Å². The van der Waals surface area contributed by atoms with E-state index in [0.29, 0.717) is 24.3 Å². The van der Waals surface area contributed by atoms with Gasteiger partial charge in [-0.2, -0.15) is 0 Å². The first-order valence-corrected chi connectivity index (χ1v) is 7.70. The van der Waals surface area contributed by atoms with Crippen LogP contribution in [-0.4, -0.2) is 24.7 Å². The summed E-state index contributed by atoms with van der Waals surface area (Å²) in [7, 11) is 0. The molecule has 0 radical (unpaired) electrons. The molecule has 0 saturated carbocycles. The number of ether oxygens (including phenoxy) is 1. The molecule has 1 aliphatic rings. The minimum Gasteiger partial charge on any atom is -0.381 e. The Kier molecular flexibility index (Phi) is 4.76. The number of nitrogens with zero attached hydrogens (tertiary/aromatic N) is 1. The molecule has 102 valence electrons. The number of hydrogen-bond donors (Lipinski definition) is 1. The van der Waals surface area contributed by atoms with E-state index in [1.165, 1.54) is 15.6 Å². The van der Waals surface area contributed by atoms with Crippen molar-refractivity contribution >= 4 is 11.3 Å². The molecule has 2 N–H and O–H groups in total. The molecule has 1 aromatic heterocycles. The highest BCUT2D eigenvalue weighted by molar-refractivity contribution is 7.12. The van der Waals surface area contributed by atoms with Crippen LogP contribution in [0.15, 0.2) is 0 Å². The zero-order valence-corrected chi connectivity index (χ0v) is 12.4. The Balaban J connectivity index is 2.19. The van der Waals surface area contributed by atoms with Crippen molar-refractivity contribution in [1.82, 2.24) is 4.98 Å². The van der Waals surface area contributed by atoms with Crippen LogP contribution < -0.4 is 5.73 Å². The van der Waals surface area contributed by atoms with E-state index in [1.807, 2.05) is 11.3 Å². The van der Waals surface area contributed by atoms with E-state index in [4.69, 9.17) is 15.5 Å². The molecule has 0 aliphatic carbocycles. The summed E-state index contributed by atoms with van der Waals surface area (Å²) in [6, 6.07) is 0. The number of hydrogen-bond acceptors (Lipinski definition) is 4. The van der Waals surface area contributed by atoms with Crippen LogP contribution in [0.4, 0.5) is 0 Å². The van der Waals surface area contributed by atoms with E-state index < -0.39 is 0 Å². The van der Waals surface area contributed by atoms with E-state index >= 15 is 0 Å². The lowest BCUT2D eigenvalue weighted by molar-refractivity contribution is 0.0852. The van der Waals surface area contributed by atoms with Gasteiger partial charge >= 0.3 is 0 Å². The van der Waals surface area contributed by atoms with Crippen molar-refractivity contribution < 1.29 is 4.74 Å². The van der Waals surface area contributed by atoms with Gasteiger partial charge in [0, 0.05) is 36.5 Å².